The van der Waals surface area contributed by atoms with Crippen molar-refractivity contribution in [2.75, 3.05) is 13.1 Å². The van der Waals surface area contributed by atoms with Gasteiger partial charge in [0.25, 0.3) is 0 Å². The summed E-state index contributed by atoms with van der Waals surface area (Å²) in [5.74, 6) is -0.497. The average molecular weight is 332 g/mol. The zero-order valence-corrected chi connectivity index (χ0v) is 14.3. The van der Waals surface area contributed by atoms with Gasteiger partial charge in [-0.3, -0.25) is 9.69 Å². The van der Waals surface area contributed by atoms with E-state index in [0.29, 0.717) is 30.7 Å². The maximum atomic E-state index is 13.8. The number of carboxylic acids is 1. The fourth-order valence-electron chi connectivity index (χ4n) is 3.93. The number of H-pyrrole nitrogens is 1. The Morgan fingerprint density at radius 3 is 2.67 bits per heavy atom. The quantitative estimate of drug-likeness (QED) is 0.869. The van der Waals surface area contributed by atoms with E-state index in [0.717, 1.165) is 30.7 Å². The third kappa shape index (κ3) is 3.31. The largest absolute Gasteiger partial charge is 0.481 e. The fraction of sp³-hybridized carbons (Fsp3) is 0.526. The van der Waals surface area contributed by atoms with E-state index in [1.165, 1.54) is 6.07 Å². The van der Waals surface area contributed by atoms with Gasteiger partial charge in [0.2, 0.25) is 0 Å². The Morgan fingerprint density at radius 1 is 1.38 bits per heavy atom. The number of fused-ring (bicyclic) bond motifs is 1. The highest BCUT2D eigenvalue weighted by Gasteiger charge is 2.41. The summed E-state index contributed by atoms with van der Waals surface area (Å²) < 4.78 is 13.8. The highest BCUT2D eigenvalue weighted by Crippen LogP contribution is 2.38. The molecule has 1 fully saturated rings. The Hall–Kier alpha value is -1.88. The van der Waals surface area contributed by atoms with Gasteiger partial charge in [-0.1, -0.05) is 19.9 Å². The molecule has 0 aliphatic carbocycles. The molecule has 0 spiro atoms. The second-order valence-corrected chi connectivity index (χ2v) is 7.46. The van der Waals surface area contributed by atoms with E-state index in [-0.39, 0.29) is 5.82 Å². The average Bonchev–Trinajstić information content (AvgIpc) is 2.93. The van der Waals surface area contributed by atoms with E-state index in [4.69, 9.17) is 0 Å². The van der Waals surface area contributed by atoms with Crippen LogP contribution in [0.1, 0.15) is 38.8 Å². The number of carbonyl (C=O) groups is 1. The minimum Gasteiger partial charge on any atom is -0.481 e. The van der Waals surface area contributed by atoms with Gasteiger partial charge >= 0.3 is 5.97 Å². The molecule has 5 heteroatoms. The normalized spacial score (nSPS) is 18.3. The lowest BCUT2D eigenvalue weighted by Gasteiger charge is -2.39. The number of hydrogen-bond donors (Lipinski definition) is 2. The van der Waals surface area contributed by atoms with Gasteiger partial charge in [-0.15, -0.1) is 0 Å². The van der Waals surface area contributed by atoms with Gasteiger partial charge in [-0.05, 0) is 56.5 Å². The van der Waals surface area contributed by atoms with Crippen LogP contribution >= 0.6 is 0 Å². The van der Waals surface area contributed by atoms with E-state index < -0.39 is 11.4 Å². The molecule has 0 atom stereocenters. The summed E-state index contributed by atoms with van der Waals surface area (Å²) in [5, 5.41) is 10.3. The number of hydrogen-bond acceptors (Lipinski definition) is 2. The number of aliphatic carboxylic acids is 1. The number of aromatic nitrogens is 1. The highest BCUT2D eigenvalue weighted by atomic mass is 19.1. The molecule has 4 nitrogen and oxygen atoms in total. The third-order valence-corrected chi connectivity index (χ3v) is 5.13. The number of rotatable bonds is 5. The summed E-state index contributed by atoms with van der Waals surface area (Å²) in [7, 11) is 0. The van der Waals surface area contributed by atoms with E-state index in [9.17, 15) is 14.3 Å². The zero-order valence-electron chi connectivity index (χ0n) is 14.3. The van der Waals surface area contributed by atoms with E-state index in [2.05, 4.69) is 23.7 Å². The lowest BCUT2D eigenvalue weighted by atomic mass is 9.73. The molecule has 2 aromatic rings. The minimum atomic E-state index is -0.663. The molecule has 1 saturated heterocycles. The van der Waals surface area contributed by atoms with Crippen molar-refractivity contribution >= 4 is 16.9 Å². The lowest BCUT2D eigenvalue weighted by molar-refractivity contribution is -0.153. The summed E-state index contributed by atoms with van der Waals surface area (Å²) in [6, 6.07) is 6.90. The summed E-state index contributed by atoms with van der Waals surface area (Å²) in [6.45, 7) is 6.38. The van der Waals surface area contributed by atoms with Crippen molar-refractivity contribution in [3.8, 4) is 0 Å². The number of halogens is 1. The summed E-state index contributed by atoms with van der Waals surface area (Å²) in [5.41, 5.74) is 1.19. The molecule has 1 aliphatic rings. The van der Waals surface area contributed by atoms with E-state index >= 15 is 0 Å². The molecule has 1 aromatic carbocycles. The van der Waals surface area contributed by atoms with Crippen molar-refractivity contribution in [2.24, 2.45) is 11.3 Å². The molecule has 0 bridgehead atoms. The second kappa shape index (κ2) is 6.55. The van der Waals surface area contributed by atoms with Crippen LogP contribution in [0.3, 0.4) is 0 Å². The molecule has 1 aliphatic heterocycles. The predicted octanol–water partition coefficient (Wildman–Crippen LogP) is 4.02. The Kier molecular flexibility index (Phi) is 4.63. The first-order valence-corrected chi connectivity index (χ1v) is 8.61. The molecule has 0 amide bonds. The standard InChI is InChI=1S/C19H25FN2O2/c1-13(2)11-19(18(23)24)6-8-22(9-7-19)12-14-10-15-16(20)4-3-5-17(15)21-14/h3-5,10,13,21H,6-9,11-12H2,1-2H3,(H,23,24). The van der Waals surface area contributed by atoms with Gasteiger partial charge in [0.1, 0.15) is 5.82 Å². The summed E-state index contributed by atoms with van der Waals surface area (Å²) in [6.07, 6.45) is 2.08. The number of carboxylic acid groups (broad SMARTS) is 1. The third-order valence-electron chi connectivity index (χ3n) is 5.13. The van der Waals surface area contributed by atoms with Gasteiger partial charge in [0.15, 0.2) is 0 Å². The first-order valence-electron chi connectivity index (χ1n) is 8.61. The Morgan fingerprint density at radius 2 is 2.08 bits per heavy atom. The Balaban J connectivity index is 1.68. The van der Waals surface area contributed by atoms with Crippen molar-refractivity contribution in [1.29, 1.82) is 0 Å². The zero-order chi connectivity index (χ0) is 17.3. The van der Waals surface area contributed by atoms with Crippen LogP contribution in [0.15, 0.2) is 24.3 Å². The van der Waals surface area contributed by atoms with Crippen LogP contribution in [0, 0.1) is 17.2 Å². The minimum absolute atomic E-state index is 0.213. The predicted molar refractivity (Wildman–Crippen MR) is 92.3 cm³/mol. The maximum absolute atomic E-state index is 13.8. The molecule has 0 saturated carbocycles. The van der Waals surface area contributed by atoms with Crippen LogP contribution in [0.2, 0.25) is 0 Å². The topological polar surface area (TPSA) is 56.3 Å². The van der Waals surface area contributed by atoms with Crippen molar-refractivity contribution in [3.05, 3.63) is 35.8 Å². The smallest absolute Gasteiger partial charge is 0.309 e. The maximum Gasteiger partial charge on any atom is 0.309 e. The molecule has 1 aromatic heterocycles. The number of likely N-dealkylation sites (tertiary alicyclic amines) is 1. The van der Waals surface area contributed by atoms with Gasteiger partial charge < -0.3 is 10.1 Å². The van der Waals surface area contributed by atoms with Crippen molar-refractivity contribution in [1.82, 2.24) is 9.88 Å². The second-order valence-electron chi connectivity index (χ2n) is 7.46. The van der Waals surface area contributed by atoms with Crippen LogP contribution in [0.25, 0.3) is 10.9 Å². The Labute approximate surface area is 141 Å². The van der Waals surface area contributed by atoms with Crippen LogP contribution in [0.4, 0.5) is 4.39 Å². The highest BCUT2D eigenvalue weighted by molar-refractivity contribution is 5.81. The number of nitrogens with one attached hydrogen (secondary N) is 1. The van der Waals surface area contributed by atoms with Crippen molar-refractivity contribution < 1.29 is 14.3 Å². The van der Waals surface area contributed by atoms with Gasteiger partial charge in [-0.25, -0.2) is 4.39 Å². The van der Waals surface area contributed by atoms with Gasteiger partial charge in [0.05, 0.1) is 5.41 Å². The molecule has 2 heterocycles. The molecule has 24 heavy (non-hydrogen) atoms. The SMILES string of the molecule is CC(C)CC1(C(=O)O)CCN(Cc2cc3c(F)cccc3[nH]2)CC1. The van der Waals surface area contributed by atoms with Crippen molar-refractivity contribution in [3.63, 3.8) is 0 Å². The molecule has 3 rings (SSSR count). The molecule has 130 valence electrons. The monoisotopic (exact) mass is 332 g/mol. The molecule has 0 radical (unpaired) electrons. The van der Waals surface area contributed by atoms with E-state index in [1.54, 1.807) is 6.07 Å². The van der Waals surface area contributed by atoms with Crippen LogP contribution in [-0.2, 0) is 11.3 Å². The van der Waals surface area contributed by atoms with Crippen LogP contribution in [-0.4, -0.2) is 34.0 Å². The van der Waals surface area contributed by atoms with E-state index in [1.807, 2.05) is 12.1 Å². The molecule has 2 N–H and O–H groups in total. The fourth-order valence-corrected chi connectivity index (χ4v) is 3.93. The van der Waals surface area contributed by atoms with Gasteiger partial charge in [-0.2, -0.15) is 0 Å². The molecular weight excluding hydrogens is 307 g/mol. The van der Waals surface area contributed by atoms with Crippen LogP contribution < -0.4 is 0 Å². The lowest BCUT2D eigenvalue weighted by Crippen LogP contribution is -2.44. The first-order chi connectivity index (χ1) is 11.4. The number of piperidine rings is 1. The number of aromatic amines is 1. The Bertz CT molecular complexity index is 730. The molecule has 0 unspecified atom stereocenters. The first kappa shape index (κ1) is 17.0. The molecular formula is C19H25FN2O2. The summed E-state index contributed by atoms with van der Waals surface area (Å²) >= 11 is 0. The summed E-state index contributed by atoms with van der Waals surface area (Å²) in [4.78, 5) is 17.3. The van der Waals surface area contributed by atoms with Crippen LogP contribution in [0.5, 0.6) is 0 Å². The number of nitrogens with zero attached hydrogens (tertiary/aromatic N) is 1. The van der Waals surface area contributed by atoms with Gasteiger partial charge in [0, 0.05) is 23.1 Å². The number of benzene rings is 1. The van der Waals surface area contributed by atoms with Crippen molar-refractivity contribution in [2.45, 2.75) is 39.7 Å².